The van der Waals surface area contributed by atoms with Crippen molar-refractivity contribution in [3.05, 3.63) is 107 Å². The van der Waals surface area contributed by atoms with Crippen LogP contribution in [0.1, 0.15) is 37.4 Å². The molecule has 0 aliphatic heterocycles. The quantitative estimate of drug-likeness (QED) is 0.382. The fourth-order valence-electron chi connectivity index (χ4n) is 3.59. The summed E-state index contributed by atoms with van der Waals surface area (Å²) in [6.07, 6.45) is 0.243. The molecular formula is C28H27N3O5. The van der Waals surface area contributed by atoms with Gasteiger partial charge < -0.3 is 20.5 Å². The minimum Gasteiger partial charge on any atom is -0.478 e. The van der Waals surface area contributed by atoms with Crippen LogP contribution in [0.15, 0.2) is 78.9 Å². The molecule has 8 nitrogen and oxygen atoms in total. The number of nitrogens with zero attached hydrogens (tertiary/aromatic N) is 1. The van der Waals surface area contributed by atoms with Crippen molar-refractivity contribution >= 4 is 17.8 Å². The molecule has 8 heteroatoms. The smallest absolute Gasteiger partial charge is 0.335 e. The van der Waals surface area contributed by atoms with Gasteiger partial charge in [0.15, 0.2) is 0 Å². The van der Waals surface area contributed by atoms with Crippen molar-refractivity contribution < 1.29 is 24.2 Å². The van der Waals surface area contributed by atoms with Gasteiger partial charge >= 0.3 is 5.97 Å². The van der Waals surface area contributed by atoms with E-state index in [0.29, 0.717) is 11.1 Å². The fourth-order valence-corrected chi connectivity index (χ4v) is 3.59. The summed E-state index contributed by atoms with van der Waals surface area (Å²) in [6.45, 7) is 1.91. The van der Waals surface area contributed by atoms with Gasteiger partial charge in [0, 0.05) is 12.0 Å². The van der Waals surface area contributed by atoms with E-state index in [0.717, 1.165) is 11.1 Å². The number of carboxylic acid groups (broad SMARTS) is 1. The highest BCUT2D eigenvalue weighted by atomic mass is 16.5. The number of aromatic carboxylic acids is 1. The molecule has 3 aromatic carbocycles. The van der Waals surface area contributed by atoms with Crippen LogP contribution in [-0.4, -0.2) is 41.6 Å². The van der Waals surface area contributed by atoms with E-state index in [1.165, 1.54) is 12.1 Å². The SMILES string of the molecule is Cc1cccc(C[C@H](NC(=O)c2ccccc2)C(=O)N[C@H](C#N)COCc2cccc(C(=O)O)c2)c1. The van der Waals surface area contributed by atoms with Gasteiger partial charge in [-0.25, -0.2) is 4.79 Å². The number of hydrogen-bond donors (Lipinski definition) is 3. The number of hydrogen-bond acceptors (Lipinski definition) is 5. The summed E-state index contributed by atoms with van der Waals surface area (Å²) in [5.41, 5.74) is 3.07. The third kappa shape index (κ3) is 7.79. The van der Waals surface area contributed by atoms with Crippen LogP contribution in [0.5, 0.6) is 0 Å². The number of nitrogens with one attached hydrogen (secondary N) is 2. The molecule has 3 aromatic rings. The van der Waals surface area contributed by atoms with E-state index in [1.807, 2.05) is 37.3 Å². The van der Waals surface area contributed by atoms with Crippen molar-refractivity contribution in [2.75, 3.05) is 6.61 Å². The van der Waals surface area contributed by atoms with E-state index in [1.54, 1.807) is 42.5 Å². The third-order valence-electron chi connectivity index (χ3n) is 5.38. The molecule has 0 heterocycles. The summed E-state index contributed by atoms with van der Waals surface area (Å²) in [4.78, 5) is 37.0. The van der Waals surface area contributed by atoms with Crippen molar-refractivity contribution in [2.24, 2.45) is 0 Å². The molecule has 0 aliphatic carbocycles. The van der Waals surface area contributed by atoms with Crippen LogP contribution >= 0.6 is 0 Å². The number of benzene rings is 3. The minimum atomic E-state index is -1.05. The lowest BCUT2D eigenvalue weighted by molar-refractivity contribution is -0.123. The third-order valence-corrected chi connectivity index (χ3v) is 5.38. The molecule has 36 heavy (non-hydrogen) atoms. The summed E-state index contributed by atoms with van der Waals surface area (Å²) in [7, 11) is 0. The van der Waals surface area contributed by atoms with E-state index in [-0.39, 0.29) is 25.2 Å². The van der Waals surface area contributed by atoms with Crippen LogP contribution in [0, 0.1) is 18.3 Å². The molecule has 3 N–H and O–H groups in total. The molecule has 2 atom stereocenters. The second-order valence-corrected chi connectivity index (χ2v) is 8.30. The lowest BCUT2D eigenvalue weighted by atomic mass is 10.0. The fraction of sp³-hybridized carbons (Fsp3) is 0.214. The Bertz CT molecular complexity index is 1250. The molecule has 184 valence electrons. The molecule has 0 aliphatic rings. The van der Waals surface area contributed by atoms with Crippen molar-refractivity contribution in [1.82, 2.24) is 10.6 Å². The molecule has 0 unspecified atom stereocenters. The summed E-state index contributed by atoms with van der Waals surface area (Å²) in [6, 6.07) is 22.6. The normalized spacial score (nSPS) is 12.1. The lowest BCUT2D eigenvalue weighted by Crippen LogP contribution is -2.51. The zero-order valence-electron chi connectivity index (χ0n) is 19.8. The van der Waals surface area contributed by atoms with Gasteiger partial charge in [0.2, 0.25) is 5.91 Å². The Morgan fingerprint density at radius 3 is 2.31 bits per heavy atom. The van der Waals surface area contributed by atoms with Crippen molar-refractivity contribution in [1.29, 1.82) is 5.26 Å². The van der Waals surface area contributed by atoms with Crippen molar-refractivity contribution in [3.63, 3.8) is 0 Å². The Morgan fingerprint density at radius 2 is 1.61 bits per heavy atom. The van der Waals surface area contributed by atoms with E-state index in [9.17, 15) is 19.6 Å². The Hall–Kier alpha value is -4.48. The van der Waals surface area contributed by atoms with Gasteiger partial charge in [0.1, 0.15) is 12.1 Å². The average Bonchev–Trinajstić information content (AvgIpc) is 2.88. The number of aryl methyl sites for hydroxylation is 1. The Morgan fingerprint density at radius 1 is 0.917 bits per heavy atom. The number of carbonyl (C=O) groups excluding carboxylic acids is 2. The molecular weight excluding hydrogens is 458 g/mol. The van der Waals surface area contributed by atoms with Crippen LogP contribution in [-0.2, 0) is 22.6 Å². The minimum absolute atomic E-state index is 0.0760. The van der Waals surface area contributed by atoms with Gasteiger partial charge in [-0.3, -0.25) is 9.59 Å². The van der Waals surface area contributed by atoms with Crippen LogP contribution < -0.4 is 10.6 Å². The van der Waals surface area contributed by atoms with E-state index in [2.05, 4.69) is 10.6 Å². The zero-order valence-corrected chi connectivity index (χ0v) is 19.8. The molecule has 3 rings (SSSR count). The number of ether oxygens (including phenoxy) is 1. The molecule has 0 fully saturated rings. The predicted molar refractivity (Wildman–Crippen MR) is 133 cm³/mol. The molecule has 0 radical (unpaired) electrons. The van der Waals surface area contributed by atoms with Crippen molar-refractivity contribution in [2.45, 2.75) is 32.0 Å². The summed E-state index contributed by atoms with van der Waals surface area (Å²) >= 11 is 0. The second kappa shape index (κ2) is 12.8. The lowest BCUT2D eigenvalue weighted by Gasteiger charge is -2.21. The maximum Gasteiger partial charge on any atom is 0.335 e. The summed E-state index contributed by atoms with van der Waals surface area (Å²) in [5.74, 6) is -1.95. The maximum atomic E-state index is 13.1. The number of carboxylic acids is 1. The summed E-state index contributed by atoms with van der Waals surface area (Å²) < 4.78 is 5.56. The average molecular weight is 486 g/mol. The highest BCUT2D eigenvalue weighted by molar-refractivity contribution is 5.97. The number of carbonyl (C=O) groups is 3. The number of nitriles is 1. The van der Waals surface area contributed by atoms with E-state index >= 15 is 0 Å². The Balaban J connectivity index is 1.65. The summed E-state index contributed by atoms with van der Waals surface area (Å²) in [5, 5.41) is 24.1. The van der Waals surface area contributed by atoms with Gasteiger partial charge in [-0.2, -0.15) is 5.26 Å². The maximum absolute atomic E-state index is 13.1. The highest BCUT2D eigenvalue weighted by Crippen LogP contribution is 2.10. The molecule has 0 bridgehead atoms. The standard InChI is InChI=1S/C28H27N3O5/c1-19-7-5-8-20(13-19)15-25(31-26(32)22-10-3-2-4-11-22)27(33)30-24(16-29)18-36-17-21-9-6-12-23(14-21)28(34)35/h2-14,24-25H,15,17-18H2,1H3,(H,30,33)(H,31,32)(H,34,35)/t24-,25+/m1/s1. The Labute approximate surface area is 209 Å². The topological polar surface area (TPSA) is 129 Å². The molecule has 0 aromatic heterocycles. The largest absolute Gasteiger partial charge is 0.478 e. The van der Waals surface area contributed by atoms with Crippen LogP contribution in [0.2, 0.25) is 0 Å². The van der Waals surface area contributed by atoms with Gasteiger partial charge in [-0.15, -0.1) is 0 Å². The Kier molecular flexibility index (Phi) is 9.32. The molecule has 0 saturated carbocycles. The monoisotopic (exact) mass is 485 g/mol. The number of amides is 2. The van der Waals surface area contributed by atoms with Gasteiger partial charge in [-0.05, 0) is 42.3 Å². The first kappa shape index (κ1) is 26.1. The van der Waals surface area contributed by atoms with Gasteiger partial charge in [-0.1, -0.05) is 60.2 Å². The zero-order chi connectivity index (χ0) is 25.9. The van der Waals surface area contributed by atoms with Gasteiger partial charge in [0.25, 0.3) is 5.91 Å². The van der Waals surface area contributed by atoms with Crippen LogP contribution in [0.3, 0.4) is 0 Å². The first-order valence-corrected chi connectivity index (χ1v) is 11.4. The first-order valence-electron chi connectivity index (χ1n) is 11.4. The van der Waals surface area contributed by atoms with Crippen LogP contribution in [0.4, 0.5) is 0 Å². The highest BCUT2D eigenvalue weighted by Gasteiger charge is 2.24. The van der Waals surface area contributed by atoms with E-state index in [4.69, 9.17) is 9.84 Å². The predicted octanol–water partition coefficient (Wildman–Crippen LogP) is 3.26. The molecule has 2 amide bonds. The van der Waals surface area contributed by atoms with E-state index < -0.39 is 29.9 Å². The first-order chi connectivity index (χ1) is 17.4. The van der Waals surface area contributed by atoms with Gasteiger partial charge in [0.05, 0.1) is 24.8 Å². The molecule has 0 spiro atoms. The number of rotatable bonds is 11. The van der Waals surface area contributed by atoms with Crippen molar-refractivity contribution in [3.8, 4) is 6.07 Å². The second-order valence-electron chi connectivity index (χ2n) is 8.30. The van der Waals surface area contributed by atoms with Crippen LogP contribution in [0.25, 0.3) is 0 Å². The molecule has 0 saturated heterocycles.